The van der Waals surface area contributed by atoms with E-state index in [4.69, 9.17) is 4.74 Å². The molecule has 0 N–H and O–H groups in total. The SMILES string of the molecule is CS(=O)(=O)N(CCN1CCOCC1)c1cccc(-n2cccn2)c1. The number of hydrogen-bond donors (Lipinski definition) is 0. The van der Waals surface area contributed by atoms with Crippen molar-refractivity contribution in [3.63, 3.8) is 0 Å². The zero-order chi connectivity index (χ0) is 17.0. The Bertz CT molecular complexity index is 755. The summed E-state index contributed by atoms with van der Waals surface area (Å²) in [4.78, 5) is 2.22. The van der Waals surface area contributed by atoms with Crippen LogP contribution in [0.1, 0.15) is 0 Å². The van der Waals surface area contributed by atoms with Crippen LogP contribution in [0.3, 0.4) is 0 Å². The topological polar surface area (TPSA) is 67.7 Å². The van der Waals surface area contributed by atoms with Crippen molar-refractivity contribution >= 4 is 15.7 Å². The molecule has 0 unspecified atom stereocenters. The highest BCUT2D eigenvalue weighted by atomic mass is 32.2. The predicted octanol–water partition coefficient (Wildman–Crippen LogP) is 0.970. The van der Waals surface area contributed by atoms with Crippen LogP contribution in [0.15, 0.2) is 42.7 Å². The molecule has 2 heterocycles. The third kappa shape index (κ3) is 4.14. The van der Waals surface area contributed by atoms with Crippen LogP contribution in [0.2, 0.25) is 0 Å². The van der Waals surface area contributed by atoms with Gasteiger partial charge in [-0.25, -0.2) is 13.1 Å². The highest BCUT2D eigenvalue weighted by Crippen LogP contribution is 2.21. The van der Waals surface area contributed by atoms with Crippen molar-refractivity contribution in [2.75, 3.05) is 50.0 Å². The Labute approximate surface area is 142 Å². The molecule has 24 heavy (non-hydrogen) atoms. The number of sulfonamides is 1. The van der Waals surface area contributed by atoms with E-state index in [0.29, 0.717) is 32.0 Å². The van der Waals surface area contributed by atoms with Crippen molar-refractivity contribution in [3.8, 4) is 5.69 Å². The van der Waals surface area contributed by atoms with Crippen LogP contribution < -0.4 is 4.31 Å². The number of morpholine rings is 1. The van der Waals surface area contributed by atoms with Crippen molar-refractivity contribution in [2.24, 2.45) is 0 Å². The molecule has 0 radical (unpaired) electrons. The first kappa shape index (κ1) is 16.9. The standard InChI is InChI=1S/C16H22N4O3S/c1-24(21,22)20(9-8-18-10-12-23-13-11-18)16-5-2-4-15(14-16)19-7-3-6-17-19/h2-7,14H,8-13H2,1H3. The molecule has 130 valence electrons. The summed E-state index contributed by atoms with van der Waals surface area (Å²) in [5.41, 5.74) is 1.48. The number of aromatic nitrogens is 2. The zero-order valence-electron chi connectivity index (χ0n) is 13.7. The Balaban J connectivity index is 1.80. The summed E-state index contributed by atoms with van der Waals surface area (Å²) >= 11 is 0. The normalized spacial score (nSPS) is 16.2. The van der Waals surface area contributed by atoms with E-state index in [-0.39, 0.29) is 0 Å². The quantitative estimate of drug-likeness (QED) is 0.777. The minimum Gasteiger partial charge on any atom is -0.379 e. The van der Waals surface area contributed by atoms with E-state index < -0.39 is 10.0 Å². The molecule has 8 heteroatoms. The van der Waals surface area contributed by atoms with Gasteiger partial charge in [0.2, 0.25) is 10.0 Å². The Kier molecular flexibility index (Phi) is 5.17. The average molecular weight is 350 g/mol. The molecule has 0 bridgehead atoms. The third-order valence-electron chi connectivity index (χ3n) is 4.01. The molecule has 2 aromatic rings. The van der Waals surface area contributed by atoms with E-state index >= 15 is 0 Å². The average Bonchev–Trinajstić information content (AvgIpc) is 3.10. The van der Waals surface area contributed by atoms with Gasteiger partial charge in [0.25, 0.3) is 0 Å². The number of nitrogens with zero attached hydrogens (tertiary/aromatic N) is 4. The second kappa shape index (κ2) is 7.33. The third-order valence-corrected chi connectivity index (χ3v) is 5.20. The largest absolute Gasteiger partial charge is 0.379 e. The minimum atomic E-state index is -3.36. The molecule has 0 atom stereocenters. The first-order chi connectivity index (χ1) is 11.5. The second-order valence-corrected chi connectivity index (χ2v) is 7.67. The first-order valence-corrected chi connectivity index (χ1v) is 9.77. The van der Waals surface area contributed by atoms with Crippen molar-refractivity contribution < 1.29 is 13.2 Å². The number of rotatable bonds is 6. The molecule has 3 rings (SSSR count). The van der Waals surface area contributed by atoms with Gasteiger partial charge in [0.05, 0.1) is 30.8 Å². The van der Waals surface area contributed by atoms with Gasteiger partial charge >= 0.3 is 0 Å². The molecule has 7 nitrogen and oxygen atoms in total. The Morgan fingerprint density at radius 2 is 2.04 bits per heavy atom. The van der Waals surface area contributed by atoms with E-state index in [2.05, 4.69) is 10.00 Å². The Morgan fingerprint density at radius 1 is 1.25 bits per heavy atom. The number of hydrogen-bond acceptors (Lipinski definition) is 5. The van der Waals surface area contributed by atoms with Crippen LogP contribution in [-0.4, -0.2) is 68.7 Å². The zero-order valence-corrected chi connectivity index (χ0v) is 14.5. The highest BCUT2D eigenvalue weighted by molar-refractivity contribution is 7.92. The van der Waals surface area contributed by atoms with Crippen LogP contribution in [-0.2, 0) is 14.8 Å². The second-order valence-electron chi connectivity index (χ2n) is 5.76. The van der Waals surface area contributed by atoms with Crippen molar-refractivity contribution in [2.45, 2.75) is 0 Å². The summed E-state index contributed by atoms with van der Waals surface area (Å²) in [6.07, 6.45) is 4.77. The molecule has 0 spiro atoms. The maximum absolute atomic E-state index is 12.3. The highest BCUT2D eigenvalue weighted by Gasteiger charge is 2.20. The summed E-state index contributed by atoms with van der Waals surface area (Å²) in [6, 6.07) is 9.23. The molecule has 1 aromatic heterocycles. The number of ether oxygens (including phenoxy) is 1. The molecular weight excluding hydrogens is 328 g/mol. The maximum atomic E-state index is 12.3. The fourth-order valence-electron chi connectivity index (χ4n) is 2.76. The molecule has 1 aliphatic rings. The lowest BCUT2D eigenvalue weighted by atomic mass is 10.2. The maximum Gasteiger partial charge on any atom is 0.232 e. The van der Waals surface area contributed by atoms with Crippen LogP contribution in [0.25, 0.3) is 5.69 Å². The Morgan fingerprint density at radius 3 is 2.71 bits per heavy atom. The molecule has 1 saturated heterocycles. The van der Waals surface area contributed by atoms with Crippen LogP contribution in [0.5, 0.6) is 0 Å². The summed E-state index contributed by atoms with van der Waals surface area (Å²) in [7, 11) is -3.36. The monoisotopic (exact) mass is 350 g/mol. The van der Waals surface area contributed by atoms with E-state index in [1.807, 2.05) is 36.5 Å². The first-order valence-electron chi connectivity index (χ1n) is 7.92. The van der Waals surface area contributed by atoms with Crippen LogP contribution >= 0.6 is 0 Å². The lowest BCUT2D eigenvalue weighted by Crippen LogP contribution is -2.43. The fraction of sp³-hybridized carbons (Fsp3) is 0.438. The molecular formula is C16H22N4O3S. The van der Waals surface area contributed by atoms with Gasteiger partial charge in [0, 0.05) is 38.6 Å². The van der Waals surface area contributed by atoms with Gasteiger partial charge < -0.3 is 4.74 Å². The van der Waals surface area contributed by atoms with Gasteiger partial charge in [-0.2, -0.15) is 5.10 Å². The smallest absolute Gasteiger partial charge is 0.232 e. The summed E-state index contributed by atoms with van der Waals surface area (Å²) in [5, 5.41) is 4.20. The minimum absolute atomic E-state index is 0.418. The lowest BCUT2D eigenvalue weighted by molar-refractivity contribution is 0.0395. The molecule has 0 saturated carbocycles. The molecule has 0 amide bonds. The fourth-order valence-corrected chi connectivity index (χ4v) is 3.67. The van der Waals surface area contributed by atoms with E-state index in [1.165, 1.54) is 10.6 Å². The van der Waals surface area contributed by atoms with Gasteiger partial charge in [-0.15, -0.1) is 0 Å². The van der Waals surface area contributed by atoms with E-state index in [1.54, 1.807) is 10.9 Å². The van der Waals surface area contributed by atoms with Crippen molar-refractivity contribution in [1.29, 1.82) is 0 Å². The molecule has 1 aromatic carbocycles. The van der Waals surface area contributed by atoms with E-state index in [0.717, 1.165) is 18.8 Å². The molecule has 1 aliphatic heterocycles. The summed E-state index contributed by atoms with van der Waals surface area (Å²) in [5.74, 6) is 0. The molecule has 0 aliphatic carbocycles. The van der Waals surface area contributed by atoms with Crippen LogP contribution in [0.4, 0.5) is 5.69 Å². The van der Waals surface area contributed by atoms with Gasteiger partial charge in [-0.1, -0.05) is 6.07 Å². The van der Waals surface area contributed by atoms with Gasteiger partial charge in [-0.05, 0) is 24.3 Å². The predicted molar refractivity (Wildman–Crippen MR) is 93.0 cm³/mol. The summed E-state index contributed by atoms with van der Waals surface area (Å²) < 4.78 is 33.0. The van der Waals surface area contributed by atoms with Gasteiger partial charge in [0.1, 0.15) is 0 Å². The number of benzene rings is 1. The lowest BCUT2D eigenvalue weighted by Gasteiger charge is -2.30. The summed E-state index contributed by atoms with van der Waals surface area (Å²) in [6.45, 7) is 4.18. The number of anilines is 1. The van der Waals surface area contributed by atoms with Gasteiger partial charge in [0.15, 0.2) is 0 Å². The Hall–Kier alpha value is -1.90. The van der Waals surface area contributed by atoms with Crippen molar-refractivity contribution in [3.05, 3.63) is 42.7 Å². The molecule has 1 fully saturated rings. The van der Waals surface area contributed by atoms with E-state index in [9.17, 15) is 8.42 Å². The van der Waals surface area contributed by atoms with Gasteiger partial charge in [-0.3, -0.25) is 9.21 Å². The van der Waals surface area contributed by atoms with Crippen molar-refractivity contribution in [1.82, 2.24) is 14.7 Å². The van der Waals surface area contributed by atoms with Crippen LogP contribution in [0, 0.1) is 0 Å².